The molecule has 0 spiro atoms. The first-order valence-electron chi connectivity index (χ1n) is 10.4. The Morgan fingerprint density at radius 1 is 0.958 bits per heavy atom. The Bertz CT molecular complexity index is 466. The zero-order valence-corrected chi connectivity index (χ0v) is 17.8. The molecule has 0 radical (unpaired) electrons. The molecule has 24 heavy (non-hydrogen) atoms. The van der Waals surface area contributed by atoms with Crippen LogP contribution in [0.4, 0.5) is 0 Å². The van der Waals surface area contributed by atoms with Crippen molar-refractivity contribution in [2.75, 3.05) is 20.6 Å². The minimum atomic E-state index is 0.0476. The zero-order valence-electron chi connectivity index (χ0n) is 16.2. The molecule has 2 fully saturated rings. The Hall–Kier alpha value is 0.154. The van der Waals surface area contributed by atoms with Crippen molar-refractivity contribution >= 4 is 0 Å². The normalized spacial score (nSPS) is 29.7. The summed E-state index contributed by atoms with van der Waals surface area (Å²) in [5.41, 5.74) is 3.66. The molecule has 3 aliphatic carbocycles. The molecule has 0 amide bonds. The van der Waals surface area contributed by atoms with E-state index in [0.717, 1.165) is 11.8 Å². The van der Waals surface area contributed by atoms with Crippen LogP contribution in [0, 0.1) is 11.8 Å². The molecule has 0 bridgehead atoms. The Kier molecular flexibility index (Phi) is 6.86. The molecule has 2 saturated carbocycles. The van der Waals surface area contributed by atoms with E-state index >= 15 is 0 Å². The average Bonchev–Trinajstić information content (AvgIpc) is 3.02. The molecule has 3 rings (SSSR count). The summed E-state index contributed by atoms with van der Waals surface area (Å²) in [6, 6.07) is 0. The van der Waals surface area contributed by atoms with Gasteiger partial charge in [0.15, 0.2) is 0 Å². The number of rotatable bonds is 6. The summed E-state index contributed by atoms with van der Waals surface area (Å²) in [7, 11) is 4.49. The van der Waals surface area contributed by atoms with E-state index in [9.17, 15) is 0 Å². The van der Waals surface area contributed by atoms with Crippen molar-refractivity contribution in [1.82, 2.24) is 4.90 Å². The van der Waals surface area contributed by atoms with Crippen LogP contribution >= 0.6 is 0 Å². The van der Waals surface area contributed by atoms with Crippen molar-refractivity contribution in [3.8, 4) is 0 Å². The van der Waals surface area contributed by atoms with Crippen molar-refractivity contribution in [2.24, 2.45) is 11.8 Å². The number of allylic oxidation sites excluding steroid dienone is 4. The molecule has 0 aromatic carbocycles. The molecular formula is C22H37NTi. The second-order valence-electron chi connectivity index (χ2n) is 8.69. The molecule has 134 valence electrons. The Morgan fingerprint density at radius 3 is 2.08 bits per heavy atom. The molecule has 1 unspecified atom stereocenters. The zero-order chi connectivity index (χ0) is 17.0. The summed E-state index contributed by atoms with van der Waals surface area (Å²) in [4.78, 5) is 2.40. The molecule has 0 aliphatic heterocycles. The molecule has 2 heteroatoms. The summed E-state index contributed by atoms with van der Waals surface area (Å²) < 4.78 is 0.499. The standard InChI is InChI=1S/C21H34N.CH3.Ti/c1-22(2)14-13-19-15-20(17-9-5-3-6-10-17)16-21(19)18-11-7-4-8-12-18;;/h15-18H,3-14H2,1-2H3;1H3;. The molecule has 1 nitrogen and oxygen atoms in total. The molecule has 1 atom stereocenters. The fraction of sp³-hybridized carbons (Fsp3) is 0.818. The maximum atomic E-state index is 2.82. The van der Waals surface area contributed by atoms with Gasteiger partial charge >= 0.3 is 159 Å². The van der Waals surface area contributed by atoms with Crippen molar-refractivity contribution in [3.63, 3.8) is 0 Å². The Balaban J connectivity index is 1.85. The second-order valence-corrected chi connectivity index (χ2v) is 10.9. The Morgan fingerprint density at radius 2 is 1.54 bits per heavy atom. The van der Waals surface area contributed by atoms with Crippen LogP contribution in [-0.4, -0.2) is 25.5 Å². The van der Waals surface area contributed by atoms with E-state index in [-0.39, 0.29) is 19.2 Å². The number of nitrogens with zero attached hydrogens (tertiary/aromatic N) is 1. The predicted octanol–water partition coefficient (Wildman–Crippen LogP) is 6.25. The first kappa shape index (κ1) is 18.9. The van der Waals surface area contributed by atoms with Gasteiger partial charge in [-0.2, -0.15) is 0 Å². The first-order valence-corrected chi connectivity index (χ1v) is 12.8. The van der Waals surface area contributed by atoms with Crippen LogP contribution in [0.3, 0.4) is 0 Å². The first-order chi connectivity index (χ1) is 11.6. The summed E-state index contributed by atoms with van der Waals surface area (Å²) in [6.07, 6.45) is 21.6. The molecule has 0 N–H and O–H groups in total. The van der Waals surface area contributed by atoms with Gasteiger partial charge in [0.25, 0.3) is 0 Å². The van der Waals surface area contributed by atoms with Crippen LogP contribution in [-0.2, 0) is 19.2 Å². The van der Waals surface area contributed by atoms with E-state index in [1.54, 1.807) is 5.57 Å². The topological polar surface area (TPSA) is 3.24 Å². The van der Waals surface area contributed by atoms with Crippen LogP contribution in [0.5, 0.6) is 0 Å². The fourth-order valence-electron chi connectivity index (χ4n) is 5.24. The van der Waals surface area contributed by atoms with Gasteiger partial charge in [-0.1, -0.05) is 0 Å². The van der Waals surface area contributed by atoms with Gasteiger partial charge in [0, 0.05) is 0 Å². The minimum absolute atomic E-state index is 0.0476. The fourth-order valence-corrected chi connectivity index (χ4v) is 7.18. The van der Waals surface area contributed by atoms with Gasteiger partial charge in [0.05, 0.1) is 0 Å². The number of hydrogen-bond acceptors (Lipinski definition) is 1. The van der Waals surface area contributed by atoms with Crippen molar-refractivity contribution in [3.05, 3.63) is 23.3 Å². The van der Waals surface area contributed by atoms with E-state index in [1.807, 2.05) is 5.57 Å². The van der Waals surface area contributed by atoms with E-state index in [2.05, 4.69) is 36.4 Å². The summed E-state index contributed by atoms with van der Waals surface area (Å²) >= 11 is 0.0476. The van der Waals surface area contributed by atoms with E-state index < -0.39 is 0 Å². The quantitative estimate of drug-likeness (QED) is 0.504. The molecule has 0 aromatic heterocycles. The monoisotopic (exact) mass is 363 g/mol. The second kappa shape index (κ2) is 8.69. The third-order valence-electron chi connectivity index (χ3n) is 6.77. The summed E-state index contributed by atoms with van der Waals surface area (Å²) in [5, 5.41) is 2.56. The summed E-state index contributed by atoms with van der Waals surface area (Å²) in [5.74, 6) is 1.79. The van der Waals surface area contributed by atoms with Crippen LogP contribution in [0.1, 0.15) is 70.6 Å². The SMILES string of the molecule is [CH3][Ti][C]1(CCN(C)C)C=C(C2CCCCC2)C=C1C1CCCCC1. The summed E-state index contributed by atoms with van der Waals surface area (Å²) in [6.45, 7) is 1.25. The number of hydrogen-bond donors (Lipinski definition) is 0. The van der Waals surface area contributed by atoms with Crippen molar-refractivity contribution in [1.29, 1.82) is 0 Å². The molecule has 0 saturated heterocycles. The van der Waals surface area contributed by atoms with Crippen molar-refractivity contribution in [2.45, 2.75) is 79.6 Å². The van der Waals surface area contributed by atoms with Crippen LogP contribution in [0.2, 0.25) is 8.95 Å². The van der Waals surface area contributed by atoms with Gasteiger partial charge in [0.1, 0.15) is 0 Å². The van der Waals surface area contributed by atoms with Gasteiger partial charge in [-0.25, -0.2) is 0 Å². The molecule has 3 aliphatic rings. The predicted molar refractivity (Wildman–Crippen MR) is 101 cm³/mol. The van der Waals surface area contributed by atoms with Gasteiger partial charge in [0.2, 0.25) is 0 Å². The third-order valence-corrected chi connectivity index (χ3v) is 9.23. The average molecular weight is 363 g/mol. The Labute approximate surface area is 159 Å². The molecule has 0 aromatic rings. The van der Waals surface area contributed by atoms with Gasteiger partial charge in [-0.3, -0.25) is 0 Å². The third kappa shape index (κ3) is 4.28. The molecular weight excluding hydrogens is 326 g/mol. The van der Waals surface area contributed by atoms with Gasteiger partial charge in [-0.05, 0) is 0 Å². The van der Waals surface area contributed by atoms with E-state index in [1.165, 1.54) is 77.2 Å². The van der Waals surface area contributed by atoms with Gasteiger partial charge in [-0.15, -0.1) is 0 Å². The maximum absolute atomic E-state index is 2.82. The van der Waals surface area contributed by atoms with Crippen LogP contribution in [0.15, 0.2) is 23.3 Å². The van der Waals surface area contributed by atoms with E-state index in [0.29, 0.717) is 3.72 Å². The van der Waals surface area contributed by atoms with Crippen molar-refractivity contribution < 1.29 is 19.2 Å². The van der Waals surface area contributed by atoms with E-state index in [4.69, 9.17) is 0 Å². The van der Waals surface area contributed by atoms with Crippen LogP contribution < -0.4 is 0 Å². The van der Waals surface area contributed by atoms with Crippen LogP contribution in [0.25, 0.3) is 0 Å². The van der Waals surface area contributed by atoms with Gasteiger partial charge < -0.3 is 0 Å². The molecule has 0 heterocycles.